The SMILES string of the molecule is CCOC1CC(N)(C(=O)N2CCCC[C@H]2C(=O)O)C1(C)C. The van der Waals surface area contributed by atoms with Crippen LogP contribution >= 0.6 is 0 Å². The van der Waals surface area contributed by atoms with Crippen LogP contribution in [0.1, 0.15) is 46.5 Å². The molecule has 0 aromatic carbocycles. The minimum absolute atomic E-state index is 0.0514. The summed E-state index contributed by atoms with van der Waals surface area (Å²) in [5.41, 5.74) is 4.86. The maximum atomic E-state index is 12.9. The predicted octanol–water partition coefficient (Wildman–Crippen LogP) is 0.985. The Balaban J connectivity index is 2.17. The number of carboxylic acid groups (broad SMARTS) is 1. The Hall–Kier alpha value is -1.14. The summed E-state index contributed by atoms with van der Waals surface area (Å²) < 4.78 is 5.63. The van der Waals surface area contributed by atoms with Crippen molar-refractivity contribution >= 4 is 11.9 Å². The number of hydrogen-bond acceptors (Lipinski definition) is 4. The summed E-state index contributed by atoms with van der Waals surface area (Å²) in [7, 11) is 0. The number of nitrogens with zero attached hydrogens (tertiary/aromatic N) is 1. The second-order valence-corrected chi connectivity index (χ2v) is 6.69. The number of carbonyl (C=O) groups is 2. The van der Waals surface area contributed by atoms with Crippen molar-refractivity contribution in [1.82, 2.24) is 4.90 Å². The van der Waals surface area contributed by atoms with Gasteiger partial charge < -0.3 is 20.5 Å². The molecule has 2 unspecified atom stereocenters. The fourth-order valence-corrected chi connectivity index (χ4v) is 3.49. The highest BCUT2D eigenvalue weighted by atomic mass is 16.5. The Bertz CT molecular complexity index is 437. The highest BCUT2D eigenvalue weighted by Gasteiger charge is 2.64. The average molecular weight is 298 g/mol. The van der Waals surface area contributed by atoms with Crippen LogP contribution in [-0.4, -0.2) is 52.7 Å². The second kappa shape index (κ2) is 5.57. The van der Waals surface area contributed by atoms with Crippen molar-refractivity contribution in [1.29, 1.82) is 0 Å². The molecular weight excluding hydrogens is 272 g/mol. The van der Waals surface area contributed by atoms with E-state index in [1.54, 1.807) is 0 Å². The molecule has 0 bridgehead atoms. The van der Waals surface area contributed by atoms with Gasteiger partial charge in [-0.1, -0.05) is 13.8 Å². The van der Waals surface area contributed by atoms with Crippen molar-refractivity contribution in [2.75, 3.05) is 13.2 Å². The Morgan fingerprint density at radius 3 is 2.57 bits per heavy atom. The maximum Gasteiger partial charge on any atom is 0.326 e. The number of piperidine rings is 1. The van der Waals surface area contributed by atoms with Gasteiger partial charge in [0, 0.05) is 25.0 Å². The molecule has 3 atom stereocenters. The summed E-state index contributed by atoms with van der Waals surface area (Å²) in [4.78, 5) is 25.7. The predicted molar refractivity (Wildman–Crippen MR) is 77.7 cm³/mol. The molecule has 2 fully saturated rings. The third-order valence-electron chi connectivity index (χ3n) is 5.26. The molecule has 1 saturated heterocycles. The van der Waals surface area contributed by atoms with Gasteiger partial charge in [-0.3, -0.25) is 4.79 Å². The molecule has 1 aliphatic heterocycles. The molecule has 2 aliphatic rings. The quantitative estimate of drug-likeness (QED) is 0.807. The van der Waals surface area contributed by atoms with Crippen LogP contribution in [0.25, 0.3) is 0 Å². The maximum absolute atomic E-state index is 12.9. The van der Waals surface area contributed by atoms with Gasteiger partial charge in [0.2, 0.25) is 5.91 Å². The van der Waals surface area contributed by atoms with Crippen LogP contribution in [0.15, 0.2) is 0 Å². The van der Waals surface area contributed by atoms with Crippen LogP contribution in [-0.2, 0) is 14.3 Å². The van der Waals surface area contributed by atoms with Crippen molar-refractivity contribution in [3.05, 3.63) is 0 Å². The molecular formula is C15H26N2O4. The Labute approximate surface area is 125 Å². The molecule has 1 aliphatic carbocycles. The van der Waals surface area contributed by atoms with Gasteiger partial charge in [0.1, 0.15) is 11.6 Å². The lowest BCUT2D eigenvalue weighted by atomic mass is 9.54. The third kappa shape index (κ3) is 2.44. The van der Waals surface area contributed by atoms with Gasteiger partial charge in [-0.25, -0.2) is 4.79 Å². The number of amides is 1. The lowest BCUT2D eigenvalue weighted by Crippen LogP contribution is -2.77. The van der Waals surface area contributed by atoms with E-state index in [2.05, 4.69) is 0 Å². The first-order valence-corrected chi connectivity index (χ1v) is 7.70. The van der Waals surface area contributed by atoms with Gasteiger partial charge in [-0.2, -0.15) is 0 Å². The van der Waals surface area contributed by atoms with Crippen molar-refractivity contribution in [3.8, 4) is 0 Å². The zero-order valence-electron chi connectivity index (χ0n) is 13.1. The van der Waals surface area contributed by atoms with E-state index in [4.69, 9.17) is 10.5 Å². The fraction of sp³-hybridized carbons (Fsp3) is 0.867. The second-order valence-electron chi connectivity index (χ2n) is 6.69. The lowest BCUT2D eigenvalue weighted by Gasteiger charge is -2.59. The number of carboxylic acids is 1. The van der Waals surface area contributed by atoms with E-state index in [-0.39, 0.29) is 12.0 Å². The van der Waals surface area contributed by atoms with Gasteiger partial charge in [0.15, 0.2) is 0 Å². The molecule has 1 saturated carbocycles. The van der Waals surface area contributed by atoms with Crippen LogP contribution in [0.3, 0.4) is 0 Å². The summed E-state index contributed by atoms with van der Waals surface area (Å²) in [5.74, 6) is -1.18. The molecule has 1 heterocycles. The molecule has 0 radical (unpaired) electrons. The van der Waals surface area contributed by atoms with Crippen LogP contribution in [0.2, 0.25) is 0 Å². The normalized spacial score (nSPS) is 35.1. The summed E-state index contributed by atoms with van der Waals surface area (Å²) in [6.45, 7) is 6.83. The van der Waals surface area contributed by atoms with E-state index in [0.29, 0.717) is 26.0 Å². The van der Waals surface area contributed by atoms with Crippen molar-refractivity contribution in [3.63, 3.8) is 0 Å². The first-order valence-electron chi connectivity index (χ1n) is 7.70. The van der Waals surface area contributed by atoms with Gasteiger partial charge in [-0.15, -0.1) is 0 Å². The Morgan fingerprint density at radius 1 is 1.38 bits per heavy atom. The molecule has 120 valence electrons. The Morgan fingerprint density at radius 2 is 2.05 bits per heavy atom. The molecule has 2 rings (SSSR count). The smallest absolute Gasteiger partial charge is 0.326 e. The van der Waals surface area contributed by atoms with E-state index in [1.807, 2.05) is 20.8 Å². The molecule has 1 amide bonds. The minimum Gasteiger partial charge on any atom is -0.480 e. The van der Waals surface area contributed by atoms with Gasteiger partial charge in [0.25, 0.3) is 0 Å². The summed E-state index contributed by atoms with van der Waals surface area (Å²) in [6.07, 6.45) is 2.58. The Kier molecular flexibility index (Phi) is 4.31. The molecule has 0 spiro atoms. The number of likely N-dealkylation sites (tertiary alicyclic amines) is 1. The van der Waals surface area contributed by atoms with E-state index in [0.717, 1.165) is 12.8 Å². The zero-order valence-corrected chi connectivity index (χ0v) is 13.1. The van der Waals surface area contributed by atoms with Crippen LogP contribution in [0, 0.1) is 5.41 Å². The molecule has 21 heavy (non-hydrogen) atoms. The molecule has 6 heteroatoms. The van der Waals surface area contributed by atoms with Gasteiger partial charge in [-0.05, 0) is 26.2 Å². The van der Waals surface area contributed by atoms with E-state index < -0.39 is 23.0 Å². The standard InChI is InChI=1S/C15H26N2O4/c1-4-21-11-9-15(16,14(11,2)3)13(20)17-8-6-5-7-10(17)12(18)19/h10-11H,4-9,16H2,1-3H3,(H,18,19)/t10-,11?,15?/m0/s1. The van der Waals surface area contributed by atoms with Gasteiger partial charge in [0.05, 0.1) is 6.10 Å². The average Bonchev–Trinajstić information content (AvgIpc) is 2.45. The van der Waals surface area contributed by atoms with E-state index in [1.165, 1.54) is 4.90 Å². The zero-order chi connectivity index (χ0) is 15.8. The first-order chi connectivity index (χ1) is 9.75. The van der Waals surface area contributed by atoms with E-state index in [9.17, 15) is 14.7 Å². The molecule has 0 aromatic heterocycles. The largest absolute Gasteiger partial charge is 0.480 e. The molecule has 0 aromatic rings. The fourth-order valence-electron chi connectivity index (χ4n) is 3.49. The van der Waals surface area contributed by atoms with Crippen molar-refractivity contribution < 1.29 is 19.4 Å². The lowest BCUT2D eigenvalue weighted by molar-refractivity contribution is -0.184. The van der Waals surface area contributed by atoms with Crippen LogP contribution < -0.4 is 5.73 Å². The van der Waals surface area contributed by atoms with Crippen molar-refractivity contribution in [2.45, 2.75) is 64.1 Å². The molecule has 3 N–H and O–H groups in total. The van der Waals surface area contributed by atoms with Gasteiger partial charge >= 0.3 is 5.97 Å². The summed E-state index contributed by atoms with van der Waals surface area (Å²) in [5, 5.41) is 9.32. The number of carbonyl (C=O) groups excluding carboxylic acids is 1. The summed E-state index contributed by atoms with van der Waals surface area (Å²) >= 11 is 0. The number of aliphatic carboxylic acids is 1. The minimum atomic E-state index is -1.03. The van der Waals surface area contributed by atoms with Crippen LogP contribution in [0.4, 0.5) is 0 Å². The third-order valence-corrected chi connectivity index (χ3v) is 5.26. The van der Waals surface area contributed by atoms with E-state index >= 15 is 0 Å². The number of hydrogen-bond donors (Lipinski definition) is 2. The first kappa shape index (κ1) is 16.2. The van der Waals surface area contributed by atoms with Crippen molar-refractivity contribution in [2.24, 2.45) is 11.1 Å². The highest BCUT2D eigenvalue weighted by Crippen LogP contribution is 2.51. The van der Waals surface area contributed by atoms with Crippen LogP contribution in [0.5, 0.6) is 0 Å². The number of rotatable bonds is 4. The topological polar surface area (TPSA) is 92.9 Å². The molecule has 6 nitrogen and oxygen atoms in total. The highest BCUT2D eigenvalue weighted by molar-refractivity contribution is 5.92. The number of ether oxygens (including phenoxy) is 1. The summed E-state index contributed by atoms with van der Waals surface area (Å²) in [6, 6.07) is -0.742. The number of nitrogens with two attached hydrogens (primary N) is 1. The monoisotopic (exact) mass is 298 g/mol.